The molecular weight excluding hydrogens is 306 g/mol. The number of rotatable bonds is 10. The van der Waals surface area contributed by atoms with Gasteiger partial charge in [-0.2, -0.15) is 10.5 Å². The molecule has 0 saturated carbocycles. The smallest absolute Gasteiger partial charge is 0.349 e. The molecule has 0 aliphatic heterocycles. The van der Waals surface area contributed by atoms with E-state index in [1.165, 1.54) is 0 Å². The maximum atomic E-state index is 12.1. The van der Waals surface area contributed by atoms with Gasteiger partial charge in [0.05, 0.1) is 6.61 Å². The van der Waals surface area contributed by atoms with E-state index >= 15 is 0 Å². The van der Waals surface area contributed by atoms with E-state index in [2.05, 4.69) is 17.0 Å². The summed E-state index contributed by atoms with van der Waals surface area (Å²) in [6.45, 7) is 3.51. The molecule has 1 N–H and O–H groups in total. The molecule has 0 spiro atoms. The Morgan fingerprint density at radius 2 is 2.08 bits per heavy atom. The lowest BCUT2D eigenvalue weighted by atomic mass is 9.95. The summed E-state index contributed by atoms with van der Waals surface area (Å²) in [5.41, 5.74) is 1.85. The Hall–Kier alpha value is -2.47. The second kappa shape index (κ2) is 12.0. The first-order chi connectivity index (χ1) is 11.7. The molecule has 1 rings (SSSR count). The van der Waals surface area contributed by atoms with Crippen molar-refractivity contribution in [1.82, 2.24) is 5.32 Å². The van der Waals surface area contributed by atoms with E-state index in [-0.39, 0.29) is 5.57 Å². The molecule has 6 nitrogen and oxygen atoms in total. The molecular formula is C18H25N3O3. The Morgan fingerprint density at radius 1 is 1.25 bits per heavy atom. The van der Waals surface area contributed by atoms with Crippen LogP contribution >= 0.6 is 0 Å². The van der Waals surface area contributed by atoms with E-state index in [0.29, 0.717) is 32.6 Å². The molecule has 0 aromatic heterocycles. The van der Waals surface area contributed by atoms with Crippen LogP contribution in [0.1, 0.15) is 51.9 Å². The minimum Gasteiger partial charge on any atom is -0.462 e. The third kappa shape index (κ3) is 7.19. The van der Waals surface area contributed by atoms with Crippen LogP contribution in [0.2, 0.25) is 0 Å². The van der Waals surface area contributed by atoms with Crippen LogP contribution in [0, 0.1) is 22.8 Å². The van der Waals surface area contributed by atoms with Gasteiger partial charge in [0.2, 0.25) is 0 Å². The van der Waals surface area contributed by atoms with E-state index in [4.69, 9.17) is 10.00 Å². The summed E-state index contributed by atoms with van der Waals surface area (Å²) in [6.07, 6.45) is 9.59. The third-order valence-corrected chi connectivity index (χ3v) is 3.70. The summed E-state index contributed by atoms with van der Waals surface area (Å²) in [4.78, 5) is 12.1. The van der Waals surface area contributed by atoms with Crippen molar-refractivity contribution in [2.45, 2.75) is 51.9 Å². The maximum absolute atomic E-state index is 12.1. The second-order valence-electron chi connectivity index (χ2n) is 5.60. The largest absolute Gasteiger partial charge is 0.462 e. The van der Waals surface area contributed by atoms with Crippen molar-refractivity contribution in [1.29, 1.82) is 10.5 Å². The Bertz CT molecular complexity index is 553. The predicted molar refractivity (Wildman–Crippen MR) is 89.2 cm³/mol. The van der Waals surface area contributed by atoms with Gasteiger partial charge in [-0.05, 0) is 43.8 Å². The number of esters is 1. The zero-order valence-corrected chi connectivity index (χ0v) is 14.3. The van der Waals surface area contributed by atoms with E-state index in [1.807, 2.05) is 12.1 Å². The Kier molecular flexibility index (Phi) is 9.80. The number of unbranched alkanes of at least 4 members (excludes halogenated alkanes) is 2. The van der Waals surface area contributed by atoms with Crippen molar-refractivity contribution < 1.29 is 14.3 Å². The van der Waals surface area contributed by atoms with Crippen LogP contribution in [0.5, 0.6) is 0 Å². The lowest BCUT2D eigenvalue weighted by Gasteiger charge is -2.18. The lowest BCUT2D eigenvalue weighted by Crippen LogP contribution is -2.19. The Balaban J connectivity index is 2.60. The highest BCUT2D eigenvalue weighted by molar-refractivity contribution is 5.94. The number of carbonyl (C=O) groups excluding carboxylic acids is 1. The highest BCUT2D eigenvalue weighted by Crippen LogP contribution is 2.24. The van der Waals surface area contributed by atoms with Crippen LogP contribution in [0.4, 0.5) is 0 Å². The van der Waals surface area contributed by atoms with Gasteiger partial charge in [0.25, 0.3) is 6.26 Å². The quantitative estimate of drug-likeness (QED) is 0.217. The number of ether oxygens (including phenoxy) is 2. The van der Waals surface area contributed by atoms with E-state index in [9.17, 15) is 10.1 Å². The minimum atomic E-state index is -0.525. The molecule has 0 bridgehead atoms. The number of nitrogens with one attached hydrogen (secondary N) is 1. The van der Waals surface area contributed by atoms with Gasteiger partial charge < -0.3 is 14.8 Å². The summed E-state index contributed by atoms with van der Waals surface area (Å²) in [5, 5.41) is 20.9. The van der Waals surface area contributed by atoms with Crippen molar-refractivity contribution >= 4 is 5.97 Å². The van der Waals surface area contributed by atoms with Crippen molar-refractivity contribution in [3.8, 4) is 12.3 Å². The Morgan fingerprint density at radius 3 is 2.79 bits per heavy atom. The molecule has 0 amide bonds. The highest BCUT2D eigenvalue weighted by atomic mass is 16.5. The van der Waals surface area contributed by atoms with Gasteiger partial charge >= 0.3 is 5.97 Å². The third-order valence-electron chi connectivity index (χ3n) is 3.70. The number of allylic oxidation sites excluding steroid dienone is 3. The number of nitriles is 2. The van der Waals surface area contributed by atoms with E-state index in [0.717, 1.165) is 43.4 Å². The van der Waals surface area contributed by atoms with Gasteiger partial charge in [-0.3, -0.25) is 0 Å². The van der Waals surface area contributed by atoms with Crippen molar-refractivity contribution in [3.05, 3.63) is 22.9 Å². The van der Waals surface area contributed by atoms with Gasteiger partial charge in [0.15, 0.2) is 0 Å². The average Bonchev–Trinajstić information content (AvgIpc) is 2.60. The molecule has 1 aliphatic carbocycles. The molecule has 0 saturated heterocycles. The molecule has 0 radical (unpaired) electrons. The first kappa shape index (κ1) is 19.6. The molecule has 0 atom stereocenters. The number of hydrogen-bond donors (Lipinski definition) is 1. The lowest BCUT2D eigenvalue weighted by molar-refractivity contribution is -0.138. The van der Waals surface area contributed by atoms with Gasteiger partial charge in [-0.25, -0.2) is 4.79 Å². The number of nitrogens with zero attached hydrogens (tertiary/aromatic N) is 2. The normalized spacial score (nSPS) is 15.5. The molecule has 0 unspecified atom stereocenters. The SMILES string of the molecule is CCCCCOC(=O)/C(C#N)=C1\C=C(NCCCOC#N)CCC1. The van der Waals surface area contributed by atoms with Crippen molar-refractivity contribution in [2.75, 3.05) is 19.8 Å². The Labute approximate surface area is 143 Å². The molecule has 6 heteroatoms. The van der Waals surface area contributed by atoms with Crippen LogP contribution in [0.15, 0.2) is 22.9 Å². The first-order valence-corrected chi connectivity index (χ1v) is 8.48. The predicted octanol–water partition coefficient (Wildman–Crippen LogP) is 3.09. The fourth-order valence-electron chi connectivity index (χ4n) is 2.44. The fraction of sp³-hybridized carbons (Fsp3) is 0.611. The van der Waals surface area contributed by atoms with Gasteiger partial charge in [0.1, 0.15) is 18.2 Å². The molecule has 0 aromatic rings. The molecule has 1 aliphatic rings. The van der Waals surface area contributed by atoms with Crippen LogP contribution in [0.25, 0.3) is 0 Å². The molecule has 0 heterocycles. The number of hydrogen-bond acceptors (Lipinski definition) is 6. The maximum Gasteiger partial charge on any atom is 0.349 e. The highest BCUT2D eigenvalue weighted by Gasteiger charge is 2.18. The summed E-state index contributed by atoms with van der Waals surface area (Å²) in [5.74, 6) is -0.525. The topological polar surface area (TPSA) is 95.1 Å². The molecule has 130 valence electrons. The van der Waals surface area contributed by atoms with Gasteiger partial charge in [-0.1, -0.05) is 19.8 Å². The van der Waals surface area contributed by atoms with Crippen molar-refractivity contribution in [3.63, 3.8) is 0 Å². The standard InChI is InChI=1S/C18H25N3O3/c1-2-3-4-11-24-18(22)17(13-19)15-7-5-8-16(12-15)21-9-6-10-23-14-20/h12,21H,2-11H2,1H3/b17-15-. The molecule has 0 fully saturated rings. The molecule has 24 heavy (non-hydrogen) atoms. The summed E-state index contributed by atoms with van der Waals surface area (Å²) in [7, 11) is 0. The zero-order valence-electron chi connectivity index (χ0n) is 14.3. The average molecular weight is 331 g/mol. The fourth-order valence-corrected chi connectivity index (χ4v) is 2.44. The van der Waals surface area contributed by atoms with Crippen LogP contribution in [-0.4, -0.2) is 25.7 Å². The minimum absolute atomic E-state index is 0.110. The van der Waals surface area contributed by atoms with E-state index in [1.54, 1.807) is 6.26 Å². The second-order valence-corrected chi connectivity index (χ2v) is 5.60. The van der Waals surface area contributed by atoms with Gasteiger partial charge in [-0.15, -0.1) is 0 Å². The zero-order chi connectivity index (χ0) is 17.6. The van der Waals surface area contributed by atoms with Crippen LogP contribution in [-0.2, 0) is 14.3 Å². The summed E-state index contributed by atoms with van der Waals surface area (Å²) >= 11 is 0. The van der Waals surface area contributed by atoms with Crippen LogP contribution < -0.4 is 5.32 Å². The van der Waals surface area contributed by atoms with Crippen LogP contribution in [0.3, 0.4) is 0 Å². The van der Waals surface area contributed by atoms with Gasteiger partial charge in [0, 0.05) is 12.2 Å². The van der Waals surface area contributed by atoms with Crippen molar-refractivity contribution in [2.24, 2.45) is 0 Å². The first-order valence-electron chi connectivity index (χ1n) is 8.48. The monoisotopic (exact) mass is 331 g/mol. The molecule has 0 aromatic carbocycles. The van der Waals surface area contributed by atoms with E-state index < -0.39 is 5.97 Å². The summed E-state index contributed by atoms with van der Waals surface area (Å²) < 4.78 is 9.81. The summed E-state index contributed by atoms with van der Waals surface area (Å²) in [6, 6.07) is 1.99. The number of carbonyl (C=O) groups is 1.